The molecule has 160 valence electrons. The second-order valence-corrected chi connectivity index (χ2v) is 8.02. The zero-order chi connectivity index (χ0) is 21.6. The summed E-state index contributed by atoms with van der Waals surface area (Å²) in [5.74, 6) is 0.103. The van der Waals surface area contributed by atoms with Crippen LogP contribution in [0.15, 0.2) is 72.8 Å². The first kappa shape index (κ1) is 20.9. The van der Waals surface area contributed by atoms with Crippen molar-refractivity contribution in [2.75, 3.05) is 45.1 Å². The van der Waals surface area contributed by atoms with Gasteiger partial charge in [-0.3, -0.25) is 9.69 Å². The van der Waals surface area contributed by atoms with Crippen LogP contribution >= 0.6 is 0 Å². The highest BCUT2D eigenvalue weighted by molar-refractivity contribution is 5.89. The lowest BCUT2D eigenvalue weighted by Gasteiger charge is -2.35. The van der Waals surface area contributed by atoms with Crippen LogP contribution in [0.3, 0.4) is 0 Å². The highest BCUT2D eigenvalue weighted by Gasteiger charge is 2.24. The molecule has 3 aromatic carbocycles. The fourth-order valence-corrected chi connectivity index (χ4v) is 3.92. The molecule has 1 aliphatic heterocycles. The topological polar surface area (TPSA) is 55.9 Å². The number of benzene rings is 3. The number of carbonyl (C=O) groups excluding carboxylic acids is 2. The Hall–Kier alpha value is -3.38. The van der Waals surface area contributed by atoms with Crippen molar-refractivity contribution in [3.05, 3.63) is 78.4 Å². The zero-order valence-electron chi connectivity index (χ0n) is 17.8. The second kappa shape index (κ2) is 9.62. The maximum atomic E-state index is 12.7. The molecule has 6 nitrogen and oxygen atoms in total. The molecule has 1 aliphatic rings. The van der Waals surface area contributed by atoms with E-state index in [-0.39, 0.29) is 11.9 Å². The Morgan fingerprint density at radius 3 is 2.23 bits per heavy atom. The molecule has 31 heavy (non-hydrogen) atoms. The lowest BCUT2D eigenvalue weighted by Crippen LogP contribution is -2.53. The van der Waals surface area contributed by atoms with Gasteiger partial charge in [0, 0.05) is 38.4 Å². The number of hydrogen-bond donors (Lipinski definition) is 1. The van der Waals surface area contributed by atoms with Gasteiger partial charge in [-0.05, 0) is 41.6 Å². The van der Waals surface area contributed by atoms with E-state index in [1.54, 1.807) is 4.90 Å². The van der Waals surface area contributed by atoms with Crippen LogP contribution in [-0.4, -0.2) is 66.4 Å². The van der Waals surface area contributed by atoms with E-state index in [4.69, 9.17) is 0 Å². The number of anilines is 1. The van der Waals surface area contributed by atoms with Gasteiger partial charge in [0.2, 0.25) is 5.91 Å². The SMILES string of the molecule is CN(CC(=O)N1CCN(C(=O)Nc2ccccc2)CC1)Cc1ccc2ccccc2c1. The van der Waals surface area contributed by atoms with Gasteiger partial charge in [-0.25, -0.2) is 4.79 Å². The van der Waals surface area contributed by atoms with Gasteiger partial charge in [0.1, 0.15) is 0 Å². The number of fused-ring (bicyclic) bond motifs is 1. The molecule has 3 aromatic rings. The third-order valence-corrected chi connectivity index (χ3v) is 5.62. The van der Waals surface area contributed by atoms with E-state index in [0.29, 0.717) is 32.7 Å². The van der Waals surface area contributed by atoms with E-state index in [1.165, 1.54) is 16.3 Å². The van der Waals surface area contributed by atoms with E-state index in [1.807, 2.05) is 59.3 Å². The Bertz CT molecular complexity index is 1050. The molecule has 1 N–H and O–H groups in total. The molecule has 0 spiro atoms. The summed E-state index contributed by atoms with van der Waals surface area (Å²) in [7, 11) is 1.97. The van der Waals surface area contributed by atoms with Crippen LogP contribution in [0.4, 0.5) is 10.5 Å². The molecule has 4 rings (SSSR count). The molecule has 0 atom stereocenters. The van der Waals surface area contributed by atoms with Crippen molar-refractivity contribution in [1.82, 2.24) is 14.7 Å². The number of likely N-dealkylation sites (N-methyl/N-ethyl adjacent to an activating group) is 1. The van der Waals surface area contributed by atoms with Crippen molar-refractivity contribution in [1.29, 1.82) is 0 Å². The largest absolute Gasteiger partial charge is 0.338 e. The molecular weight excluding hydrogens is 388 g/mol. The van der Waals surface area contributed by atoms with Crippen LogP contribution in [0, 0.1) is 0 Å². The summed E-state index contributed by atoms with van der Waals surface area (Å²) in [5.41, 5.74) is 1.97. The molecular formula is C25H28N4O2. The van der Waals surface area contributed by atoms with Gasteiger partial charge in [-0.15, -0.1) is 0 Å². The van der Waals surface area contributed by atoms with Gasteiger partial charge < -0.3 is 15.1 Å². The van der Waals surface area contributed by atoms with Gasteiger partial charge in [0.25, 0.3) is 0 Å². The smallest absolute Gasteiger partial charge is 0.321 e. The minimum Gasteiger partial charge on any atom is -0.338 e. The summed E-state index contributed by atoms with van der Waals surface area (Å²) < 4.78 is 0. The van der Waals surface area contributed by atoms with Crippen LogP contribution in [0.5, 0.6) is 0 Å². The minimum absolute atomic E-state index is 0.103. The third-order valence-electron chi connectivity index (χ3n) is 5.62. The standard InChI is InChI=1S/C25H28N4O2/c1-27(18-20-11-12-21-7-5-6-8-22(21)17-20)19-24(30)28-13-15-29(16-14-28)25(31)26-23-9-3-2-4-10-23/h2-12,17H,13-16,18-19H2,1H3,(H,26,31). The normalized spacial score (nSPS) is 14.1. The summed E-state index contributed by atoms with van der Waals surface area (Å²) in [6, 6.07) is 24.0. The number of carbonyl (C=O) groups is 2. The summed E-state index contributed by atoms with van der Waals surface area (Å²) in [6.45, 7) is 3.28. The molecule has 0 aliphatic carbocycles. The predicted octanol–water partition coefficient (Wildman–Crippen LogP) is 3.65. The number of urea groups is 1. The molecule has 0 unspecified atom stereocenters. The molecule has 6 heteroatoms. The monoisotopic (exact) mass is 416 g/mol. The average Bonchev–Trinajstić information content (AvgIpc) is 2.79. The van der Waals surface area contributed by atoms with E-state index in [9.17, 15) is 9.59 Å². The van der Waals surface area contributed by atoms with Crippen molar-refractivity contribution in [3.8, 4) is 0 Å². The summed E-state index contributed by atoms with van der Waals surface area (Å²) in [4.78, 5) is 30.8. The van der Waals surface area contributed by atoms with Crippen molar-refractivity contribution < 1.29 is 9.59 Å². The predicted molar refractivity (Wildman–Crippen MR) is 124 cm³/mol. The summed E-state index contributed by atoms with van der Waals surface area (Å²) in [5, 5.41) is 5.34. The van der Waals surface area contributed by atoms with Gasteiger partial charge in [-0.1, -0.05) is 54.6 Å². The van der Waals surface area contributed by atoms with Gasteiger partial charge >= 0.3 is 6.03 Å². The molecule has 0 saturated carbocycles. The van der Waals surface area contributed by atoms with Crippen molar-refractivity contribution >= 4 is 28.4 Å². The number of nitrogens with one attached hydrogen (secondary N) is 1. The number of rotatable bonds is 5. The number of para-hydroxylation sites is 1. The van der Waals surface area contributed by atoms with Crippen LogP contribution in [0.25, 0.3) is 10.8 Å². The van der Waals surface area contributed by atoms with E-state index >= 15 is 0 Å². The molecule has 0 radical (unpaired) electrons. The van der Waals surface area contributed by atoms with Crippen LogP contribution < -0.4 is 5.32 Å². The molecule has 0 aromatic heterocycles. The Morgan fingerprint density at radius 1 is 0.839 bits per heavy atom. The first-order chi connectivity index (χ1) is 15.1. The Morgan fingerprint density at radius 2 is 1.48 bits per heavy atom. The fraction of sp³-hybridized carbons (Fsp3) is 0.280. The van der Waals surface area contributed by atoms with E-state index < -0.39 is 0 Å². The Labute approximate surface area is 183 Å². The lowest BCUT2D eigenvalue weighted by atomic mass is 10.1. The Balaban J connectivity index is 1.25. The molecule has 0 bridgehead atoms. The Kier molecular flexibility index (Phi) is 6.48. The van der Waals surface area contributed by atoms with Crippen LogP contribution in [0.1, 0.15) is 5.56 Å². The number of hydrogen-bond acceptors (Lipinski definition) is 3. The zero-order valence-corrected chi connectivity index (χ0v) is 17.8. The quantitative estimate of drug-likeness (QED) is 0.691. The maximum absolute atomic E-state index is 12.7. The minimum atomic E-state index is -0.119. The van der Waals surface area contributed by atoms with Crippen molar-refractivity contribution in [2.45, 2.75) is 6.54 Å². The number of nitrogens with zero attached hydrogens (tertiary/aromatic N) is 3. The summed E-state index contributed by atoms with van der Waals surface area (Å²) in [6.07, 6.45) is 0. The van der Waals surface area contributed by atoms with Crippen molar-refractivity contribution in [2.24, 2.45) is 0 Å². The first-order valence-corrected chi connectivity index (χ1v) is 10.6. The number of amides is 3. The van der Waals surface area contributed by atoms with Crippen molar-refractivity contribution in [3.63, 3.8) is 0 Å². The van der Waals surface area contributed by atoms with E-state index in [0.717, 1.165) is 12.2 Å². The highest BCUT2D eigenvalue weighted by Crippen LogP contribution is 2.17. The molecule has 3 amide bonds. The third kappa shape index (κ3) is 5.41. The second-order valence-electron chi connectivity index (χ2n) is 8.02. The van der Waals surface area contributed by atoms with Gasteiger partial charge in [0.15, 0.2) is 0 Å². The molecule has 1 fully saturated rings. The number of piperazine rings is 1. The molecule has 1 saturated heterocycles. The fourth-order valence-electron chi connectivity index (χ4n) is 3.92. The lowest BCUT2D eigenvalue weighted by molar-refractivity contribution is -0.133. The average molecular weight is 417 g/mol. The first-order valence-electron chi connectivity index (χ1n) is 10.6. The summed E-state index contributed by atoms with van der Waals surface area (Å²) >= 11 is 0. The van der Waals surface area contributed by atoms with Crippen LogP contribution in [0.2, 0.25) is 0 Å². The van der Waals surface area contributed by atoms with E-state index in [2.05, 4.69) is 35.6 Å². The highest BCUT2D eigenvalue weighted by atomic mass is 16.2. The van der Waals surface area contributed by atoms with Gasteiger partial charge in [-0.2, -0.15) is 0 Å². The van der Waals surface area contributed by atoms with Crippen LogP contribution in [-0.2, 0) is 11.3 Å². The molecule has 1 heterocycles. The maximum Gasteiger partial charge on any atom is 0.321 e. The van der Waals surface area contributed by atoms with Gasteiger partial charge in [0.05, 0.1) is 6.54 Å².